The van der Waals surface area contributed by atoms with Gasteiger partial charge in [0.1, 0.15) is 17.3 Å². The Balaban J connectivity index is 1.28. The molecule has 17 heteroatoms. The van der Waals surface area contributed by atoms with Crippen molar-refractivity contribution >= 4 is 88.8 Å². The predicted molar refractivity (Wildman–Crippen MR) is 199 cm³/mol. The number of sulfonamides is 1. The molecule has 0 saturated heterocycles. The SMILES string of the molecule is CC(C(=O)O)N(CC(=O)O)c1ccc(S(=O)(=O)NCCCC[n+]2c(C=C3Sc4ccccc4C3CCCS(=O)(=O)O)sc3ccc(Cl)cc32)cc1. The summed E-state index contributed by atoms with van der Waals surface area (Å²) in [5.41, 5.74) is 2.33. The smallest absolute Gasteiger partial charge is 0.326 e. The summed E-state index contributed by atoms with van der Waals surface area (Å²) in [6.07, 6.45) is 4.13. The number of nitrogens with one attached hydrogen (secondary N) is 1. The van der Waals surface area contributed by atoms with Crippen LogP contribution in [-0.2, 0) is 36.3 Å². The molecule has 0 saturated carbocycles. The number of rotatable bonds is 17. The van der Waals surface area contributed by atoms with E-state index in [1.165, 1.54) is 31.2 Å². The second-order valence-corrected chi connectivity index (χ2v) is 18.0. The fourth-order valence-corrected chi connectivity index (χ4v) is 10.1. The first-order valence-electron chi connectivity index (χ1n) is 16.0. The monoisotopic (exact) mass is 794 g/mol. The number of unbranched alkanes of at least 4 members (excludes halogenated alkanes) is 1. The summed E-state index contributed by atoms with van der Waals surface area (Å²) in [6.45, 7) is 1.52. The van der Waals surface area contributed by atoms with Crippen LogP contribution in [0.5, 0.6) is 0 Å². The van der Waals surface area contributed by atoms with E-state index in [2.05, 4.69) is 15.4 Å². The number of aromatic nitrogens is 1. The molecule has 5 rings (SSSR count). The van der Waals surface area contributed by atoms with Gasteiger partial charge in [0.05, 0.1) is 10.6 Å². The summed E-state index contributed by atoms with van der Waals surface area (Å²) in [5.74, 6) is -2.77. The first-order valence-corrected chi connectivity index (χ1v) is 21.1. The molecule has 0 amide bonds. The maximum atomic E-state index is 13.1. The average molecular weight is 795 g/mol. The molecule has 2 heterocycles. The highest BCUT2D eigenvalue weighted by Gasteiger charge is 2.30. The van der Waals surface area contributed by atoms with Gasteiger partial charge in [-0.2, -0.15) is 13.0 Å². The Morgan fingerprint density at radius 3 is 2.43 bits per heavy atom. The van der Waals surface area contributed by atoms with Crippen molar-refractivity contribution in [1.82, 2.24) is 4.72 Å². The van der Waals surface area contributed by atoms with E-state index in [1.54, 1.807) is 23.1 Å². The molecule has 1 aliphatic rings. The number of nitrogens with zero attached hydrogens (tertiary/aromatic N) is 2. The van der Waals surface area contributed by atoms with Gasteiger partial charge in [-0.25, -0.2) is 17.9 Å². The molecule has 2 unspecified atom stereocenters. The molecule has 4 N–H and O–H groups in total. The van der Waals surface area contributed by atoms with Crippen LogP contribution in [0.1, 0.15) is 49.1 Å². The van der Waals surface area contributed by atoms with Crippen LogP contribution < -0.4 is 14.2 Å². The number of carbonyl (C=O) groups is 2. The third-order valence-corrected chi connectivity index (χ3v) is 13.3. The van der Waals surface area contributed by atoms with Gasteiger partial charge in [-0.1, -0.05) is 52.9 Å². The molecular weight excluding hydrogens is 758 g/mol. The van der Waals surface area contributed by atoms with Crippen molar-refractivity contribution in [2.24, 2.45) is 0 Å². The van der Waals surface area contributed by atoms with Crippen molar-refractivity contribution in [3.05, 3.63) is 87.2 Å². The normalized spacial score (nSPS) is 16.0. The Labute approximate surface area is 309 Å². The Morgan fingerprint density at radius 1 is 1.02 bits per heavy atom. The Hall–Kier alpha value is -3.51. The highest BCUT2D eigenvalue weighted by Crippen LogP contribution is 2.51. The van der Waals surface area contributed by atoms with Crippen LogP contribution in [0.15, 0.2) is 81.4 Å². The Morgan fingerprint density at radius 2 is 1.75 bits per heavy atom. The van der Waals surface area contributed by atoms with Crippen molar-refractivity contribution < 1.29 is 45.8 Å². The molecule has 3 aromatic carbocycles. The molecule has 1 aromatic heterocycles. The number of hydrogen-bond acceptors (Lipinski definition) is 9. The Kier molecular flexibility index (Phi) is 12.5. The van der Waals surface area contributed by atoms with Gasteiger partial charge in [-0.15, -0.1) is 0 Å². The first kappa shape index (κ1) is 38.7. The quantitative estimate of drug-likeness (QED) is 0.0571. The minimum absolute atomic E-state index is 0.0283. The van der Waals surface area contributed by atoms with Crippen molar-refractivity contribution in [1.29, 1.82) is 0 Å². The highest BCUT2D eigenvalue weighted by molar-refractivity contribution is 8.03. The molecule has 4 aromatic rings. The summed E-state index contributed by atoms with van der Waals surface area (Å²) < 4.78 is 64.0. The number of thiazole rings is 1. The van der Waals surface area contributed by atoms with E-state index >= 15 is 0 Å². The number of thioether (sulfide) groups is 1. The number of aliphatic carboxylic acids is 2. The van der Waals surface area contributed by atoms with Crippen LogP contribution in [0.3, 0.4) is 0 Å². The topological polar surface area (TPSA) is 182 Å². The van der Waals surface area contributed by atoms with E-state index < -0.39 is 44.7 Å². The van der Waals surface area contributed by atoms with Crippen LogP contribution in [0.2, 0.25) is 5.02 Å². The van der Waals surface area contributed by atoms with Crippen LogP contribution in [-0.4, -0.2) is 68.4 Å². The number of allylic oxidation sites excluding steroid dienone is 1. The lowest BCUT2D eigenvalue weighted by Gasteiger charge is -2.27. The summed E-state index contributed by atoms with van der Waals surface area (Å²) in [7, 11) is -7.97. The summed E-state index contributed by atoms with van der Waals surface area (Å²) in [6, 6.07) is 18.0. The first-order chi connectivity index (χ1) is 24.1. The highest BCUT2D eigenvalue weighted by atomic mass is 35.5. The number of anilines is 1. The molecule has 1 aliphatic heterocycles. The van der Waals surface area contributed by atoms with Gasteiger partial charge in [0.15, 0.2) is 6.54 Å². The van der Waals surface area contributed by atoms with E-state index in [0.29, 0.717) is 37.3 Å². The van der Waals surface area contributed by atoms with Crippen molar-refractivity contribution in [3.63, 3.8) is 0 Å². The van der Waals surface area contributed by atoms with Gasteiger partial charge in [-0.3, -0.25) is 9.35 Å². The summed E-state index contributed by atoms with van der Waals surface area (Å²) in [5, 5.41) is 20.2. The number of hydrogen-bond donors (Lipinski definition) is 4. The van der Waals surface area contributed by atoms with E-state index in [0.717, 1.165) is 35.5 Å². The van der Waals surface area contributed by atoms with E-state index in [9.17, 15) is 41.2 Å². The van der Waals surface area contributed by atoms with Gasteiger partial charge in [0.25, 0.3) is 15.1 Å². The van der Waals surface area contributed by atoms with Crippen molar-refractivity contribution in [3.8, 4) is 0 Å². The van der Waals surface area contributed by atoms with E-state index in [1.807, 2.05) is 42.5 Å². The molecule has 0 spiro atoms. The molecule has 51 heavy (non-hydrogen) atoms. The zero-order valence-corrected chi connectivity index (χ0v) is 31.5. The van der Waals surface area contributed by atoms with E-state index in [-0.39, 0.29) is 28.8 Å². The zero-order valence-electron chi connectivity index (χ0n) is 27.4. The number of aryl methyl sites for hydroxylation is 1. The number of carboxylic acid groups (broad SMARTS) is 2. The van der Waals surface area contributed by atoms with Gasteiger partial charge < -0.3 is 15.1 Å². The second kappa shape index (κ2) is 16.4. The fraction of sp³-hybridized carbons (Fsp3) is 0.324. The maximum absolute atomic E-state index is 13.1. The predicted octanol–water partition coefficient (Wildman–Crippen LogP) is 5.86. The van der Waals surface area contributed by atoms with Crippen LogP contribution in [0.25, 0.3) is 16.3 Å². The summed E-state index contributed by atoms with van der Waals surface area (Å²) in [4.78, 5) is 26.1. The van der Waals surface area contributed by atoms with Gasteiger partial charge in [0, 0.05) is 51.5 Å². The third kappa shape index (κ3) is 9.88. The number of halogens is 1. The molecule has 12 nitrogen and oxygen atoms in total. The lowest BCUT2D eigenvalue weighted by molar-refractivity contribution is -0.669. The second-order valence-electron chi connectivity index (χ2n) is 12.0. The zero-order chi connectivity index (χ0) is 36.9. The maximum Gasteiger partial charge on any atom is 0.326 e. The molecule has 272 valence electrons. The van der Waals surface area contributed by atoms with Gasteiger partial charge in [-0.05, 0) is 74.2 Å². The lowest BCUT2D eigenvalue weighted by Crippen LogP contribution is -2.42. The van der Waals surface area contributed by atoms with Crippen molar-refractivity contribution in [2.45, 2.75) is 60.9 Å². The summed E-state index contributed by atoms with van der Waals surface area (Å²) >= 11 is 9.63. The molecule has 0 radical (unpaired) electrons. The average Bonchev–Trinajstić information content (AvgIpc) is 3.59. The number of benzene rings is 3. The minimum atomic E-state index is -4.07. The minimum Gasteiger partial charge on any atom is -0.480 e. The largest absolute Gasteiger partial charge is 0.480 e. The number of carboxylic acids is 2. The number of fused-ring (bicyclic) bond motifs is 2. The van der Waals surface area contributed by atoms with Crippen LogP contribution in [0, 0.1) is 0 Å². The van der Waals surface area contributed by atoms with Gasteiger partial charge >= 0.3 is 11.9 Å². The molecule has 0 bridgehead atoms. The van der Waals surface area contributed by atoms with Gasteiger partial charge in [0.2, 0.25) is 15.5 Å². The standard InChI is InChI=1S/C34H36ClN3O9S4/c1-22(34(41)42)38(21-33(39)40)24-11-13-25(14-12-24)51(46,47)36-16-4-5-17-37-28-19-23(35)10-15-30(28)49-32(37)20-31-27(8-6-18-50(43,44)45)26-7-2-3-9-29(26)48-31/h2-3,7,9-15,19-20,22,27,36H,4-6,8,16-18,21H2,1H3,(H2-,39,40,41,42,43,44,45)/p+1. The molecule has 0 aliphatic carbocycles. The Bertz CT molecular complexity index is 2170. The molecule has 0 fully saturated rings. The molecular formula is C34H37ClN3O9S4+. The van der Waals surface area contributed by atoms with E-state index in [4.69, 9.17) is 11.6 Å². The van der Waals surface area contributed by atoms with Crippen LogP contribution >= 0.6 is 34.7 Å². The van der Waals surface area contributed by atoms with Crippen molar-refractivity contribution in [2.75, 3.05) is 23.7 Å². The van der Waals surface area contributed by atoms with Crippen LogP contribution in [0.4, 0.5) is 5.69 Å². The third-order valence-electron chi connectivity index (χ3n) is 8.43. The fourth-order valence-electron chi connectivity index (χ4n) is 5.88. The lowest BCUT2D eigenvalue weighted by atomic mass is 9.94. The molecule has 2 atom stereocenters.